The summed E-state index contributed by atoms with van der Waals surface area (Å²) < 4.78 is 42.8. The molecule has 1 heterocycles. The highest BCUT2D eigenvalue weighted by atomic mass is 19.3. The van der Waals surface area contributed by atoms with Crippen LogP contribution in [0.25, 0.3) is 5.69 Å². The van der Waals surface area contributed by atoms with Gasteiger partial charge in [0, 0.05) is 11.6 Å². The van der Waals surface area contributed by atoms with Crippen LogP contribution in [0.5, 0.6) is 0 Å². The van der Waals surface area contributed by atoms with E-state index in [1.54, 1.807) is 13.0 Å². The van der Waals surface area contributed by atoms with E-state index in [2.05, 4.69) is 10.4 Å². The van der Waals surface area contributed by atoms with Gasteiger partial charge in [-0.2, -0.15) is 18.6 Å². The van der Waals surface area contributed by atoms with Crippen molar-refractivity contribution in [2.75, 3.05) is 6.61 Å². The Hall–Kier alpha value is -3.46. The van der Waals surface area contributed by atoms with Gasteiger partial charge in [-0.05, 0) is 43.2 Å². The Morgan fingerprint density at radius 2 is 1.87 bits per heavy atom. The molecule has 0 bridgehead atoms. The lowest BCUT2D eigenvalue weighted by molar-refractivity contribution is -0.0561. The quantitative estimate of drug-likeness (QED) is 0.628. The lowest BCUT2D eigenvalue weighted by Crippen LogP contribution is -2.31. The summed E-state index contributed by atoms with van der Waals surface area (Å²) >= 11 is 0. The molecule has 2 N–H and O–H groups in total. The minimum absolute atomic E-state index is 0.107. The van der Waals surface area contributed by atoms with Gasteiger partial charge >= 0.3 is 0 Å². The van der Waals surface area contributed by atoms with E-state index in [0.29, 0.717) is 5.56 Å². The number of aliphatic hydroxyl groups excluding tert-OH is 1. The van der Waals surface area contributed by atoms with E-state index >= 15 is 0 Å². The number of benzene rings is 2. The third-order valence-electron chi connectivity index (χ3n) is 4.90. The van der Waals surface area contributed by atoms with Crippen LogP contribution in [-0.2, 0) is 5.92 Å². The molecule has 0 radical (unpaired) electrons. The van der Waals surface area contributed by atoms with Crippen molar-refractivity contribution in [2.45, 2.75) is 25.8 Å². The molecule has 1 aromatic heterocycles. The molecule has 0 spiro atoms. The zero-order valence-corrected chi connectivity index (χ0v) is 16.8. The van der Waals surface area contributed by atoms with Gasteiger partial charge in [0.15, 0.2) is 0 Å². The van der Waals surface area contributed by atoms with E-state index in [1.807, 2.05) is 0 Å². The lowest BCUT2D eigenvalue weighted by Gasteiger charge is -2.22. The first-order valence-corrected chi connectivity index (χ1v) is 9.40. The van der Waals surface area contributed by atoms with Crippen molar-refractivity contribution >= 4 is 5.91 Å². The van der Waals surface area contributed by atoms with Crippen LogP contribution < -0.4 is 10.9 Å². The standard InChI is InChI=1S/C22H20F3N3O3/c1-13-15(6-5-7-16(13)22(24,25)12-29)14(2)26-21(31)18-10-11-20(30)28(27-18)19-9-4-3-8-17(19)23/h3-11,14,29H,12H2,1-2H3,(H,26,31)/t14-/m1/s1. The van der Waals surface area contributed by atoms with Crippen LogP contribution >= 0.6 is 0 Å². The Morgan fingerprint density at radius 1 is 1.16 bits per heavy atom. The summed E-state index contributed by atoms with van der Waals surface area (Å²) in [5.74, 6) is -4.77. The highest BCUT2D eigenvalue weighted by Crippen LogP contribution is 2.33. The molecular formula is C22H20F3N3O3. The molecule has 0 aliphatic rings. The molecule has 0 saturated heterocycles. The van der Waals surface area contributed by atoms with Crippen LogP contribution in [0.15, 0.2) is 59.4 Å². The van der Waals surface area contributed by atoms with Crippen molar-refractivity contribution < 1.29 is 23.1 Å². The molecule has 0 aliphatic carbocycles. The number of alkyl halides is 2. The Labute approximate surface area is 176 Å². The third-order valence-corrected chi connectivity index (χ3v) is 4.90. The number of carbonyl (C=O) groups excluding carboxylic acids is 1. The largest absolute Gasteiger partial charge is 0.390 e. The Bertz CT molecular complexity index is 1180. The first-order valence-electron chi connectivity index (χ1n) is 9.40. The van der Waals surface area contributed by atoms with Gasteiger partial charge < -0.3 is 10.4 Å². The van der Waals surface area contributed by atoms with Gasteiger partial charge in [-0.1, -0.05) is 30.3 Å². The fourth-order valence-electron chi connectivity index (χ4n) is 3.28. The number of hydrogen-bond acceptors (Lipinski definition) is 4. The smallest absolute Gasteiger partial charge is 0.296 e. The van der Waals surface area contributed by atoms with Gasteiger partial charge in [0.05, 0.1) is 6.04 Å². The minimum atomic E-state index is -3.42. The molecule has 0 aliphatic heterocycles. The lowest BCUT2D eigenvalue weighted by atomic mass is 9.94. The number of aromatic nitrogens is 2. The molecule has 3 aromatic rings. The van der Waals surface area contributed by atoms with E-state index in [1.165, 1.54) is 43.3 Å². The molecule has 9 heteroatoms. The summed E-state index contributed by atoms with van der Waals surface area (Å²) in [6.07, 6.45) is 0. The molecule has 1 amide bonds. The van der Waals surface area contributed by atoms with Crippen molar-refractivity contribution in [3.63, 3.8) is 0 Å². The van der Waals surface area contributed by atoms with Crippen LogP contribution in [0.2, 0.25) is 0 Å². The van der Waals surface area contributed by atoms with E-state index in [-0.39, 0.29) is 22.5 Å². The topological polar surface area (TPSA) is 84.2 Å². The monoisotopic (exact) mass is 431 g/mol. The second-order valence-corrected chi connectivity index (χ2v) is 7.00. The number of nitrogens with one attached hydrogen (secondary N) is 1. The number of nitrogens with zero attached hydrogens (tertiary/aromatic N) is 2. The average Bonchev–Trinajstić information content (AvgIpc) is 2.74. The Morgan fingerprint density at radius 3 is 2.55 bits per heavy atom. The van der Waals surface area contributed by atoms with Gasteiger partial charge in [0.1, 0.15) is 23.8 Å². The second-order valence-electron chi connectivity index (χ2n) is 7.00. The van der Waals surface area contributed by atoms with Gasteiger partial charge in [-0.3, -0.25) is 9.59 Å². The molecule has 3 rings (SSSR count). The Kier molecular flexibility index (Phi) is 6.26. The Balaban J connectivity index is 1.89. The molecule has 2 aromatic carbocycles. The fourth-order valence-corrected chi connectivity index (χ4v) is 3.28. The van der Waals surface area contributed by atoms with Crippen molar-refractivity contribution in [1.82, 2.24) is 15.1 Å². The summed E-state index contributed by atoms with van der Waals surface area (Å²) in [4.78, 5) is 24.8. The van der Waals surface area contributed by atoms with Crippen molar-refractivity contribution in [2.24, 2.45) is 0 Å². The van der Waals surface area contributed by atoms with Gasteiger partial charge in [-0.25, -0.2) is 4.39 Å². The zero-order chi connectivity index (χ0) is 22.8. The van der Waals surface area contributed by atoms with E-state index < -0.39 is 35.9 Å². The molecule has 162 valence electrons. The fraction of sp³-hybridized carbons (Fsp3) is 0.227. The molecule has 0 saturated carbocycles. The predicted molar refractivity (Wildman–Crippen MR) is 108 cm³/mol. The zero-order valence-electron chi connectivity index (χ0n) is 16.8. The summed E-state index contributed by atoms with van der Waals surface area (Å²) in [5.41, 5.74) is -0.543. The normalized spacial score (nSPS) is 12.5. The van der Waals surface area contributed by atoms with Crippen molar-refractivity contribution in [3.8, 4) is 5.69 Å². The summed E-state index contributed by atoms with van der Waals surface area (Å²) in [6.45, 7) is 1.75. The van der Waals surface area contributed by atoms with Crippen LogP contribution in [-0.4, -0.2) is 27.4 Å². The molecule has 6 nitrogen and oxygen atoms in total. The van der Waals surface area contributed by atoms with Gasteiger partial charge in [-0.15, -0.1) is 0 Å². The van der Waals surface area contributed by atoms with Crippen LogP contribution in [0.1, 0.15) is 40.1 Å². The van der Waals surface area contributed by atoms with E-state index in [9.17, 15) is 22.8 Å². The minimum Gasteiger partial charge on any atom is -0.390 e. The molecule has 31 heavy (non-hydrogen) atoms. The van der Waals surface area contributed by atoms with Gasteiger partial charge in [0.2, 0.25) is 0 Å². The highest BCUT2D eigenvalue weighted by molar-refractivity contribution is 5.92. The van der Waals surface area contributed by atoms with Gasteiger partial charge in [0.25, 0.3) is 17.4 Å². The summed E-state index contributed by atoms with van der Waals surface area (Å²) in [7, 11) is 0. The summed E-state index contributed by atoms with van der Waals surface area (Å²) in [6, 6.07) is 11.3. The number of aliphatic hydroxyl groups is 1. The maximum Gasteiger partial charge on any atom is 0.296 e. The molecule has 1 atom stereocenters. The number of amides is 1. The highest BCUT2D eigenvalue weighted by Gasteiger charge is 2.33. The number of carbonyl (C=O) groups is 1. The first kappa shape index (κ1) is 22.2. The summed E-state index contributed by atoms with van der Waals surface area (Å²) in [5, 5.41) is 15.6. The first-order chi connectivity index (χ1) is 14.7. The number of halogens is 3. The maximum absolute atomic E-state index is 14.0. The van der Waals surface area contributed by atoms with E-state index in [4.69, 9.17) is 5.11 Å². The number of hydrogen-bond donors (Lipinski definition) is 2. The van der Waals surface area contributed by atoms with Crippen molar-refractivity contribution in [3.05, 3.63) is 93.2 Å². The van der Waals surface area contributed by atoms with Crippen LogP contribution in [0.4, 0.5) is 13.2 Å². The molecular weight excluding hydrogens is 411 g/mol. The second kappa shape index (κ2) is 8.73. The van der Waals surface area contributed by atoms with E-state index in [0.717, 1.165) is 16.8 Å². The SMILES string of the molecule is Cc1c([C@@H](C)NC(=O)c2ccc(=O)n(-c3ccccc3F)n2)cccc1C(F)(F)CO. The molecule has 0 fully saturated rings. The number of para-hydroxylation sites is 1. The van der Waals surface area contributed by atoms with Crippen LogP contribution in [0, 0.1) is 12.7 Å². The van der Waals surface area contributed by atoms with Crippen molar-refractivity contribution in [1.29, 1.82) is 0 Å². The number of rotatable bonds is 6. The molecule has 0 unspecified atom stereocenters. The third kappa shape index (κ3) is 4.51. The predicted octanol–water partition coefficient (Wildman–Crippen LogP) is 3.26. The maximum atomic E-state index is 14.0. The average molecular weight is 431 g/mol. The van der Waals surface area contributed by atoms with Crippen LogP contribution in [0.3, 0.4) is 0 Å².